The van der Waals surface area contributed by atoms with Gasteiger partial charge in [-0.15, -0.1) is 0 Å². The molecule has 0 N–H and O–H groups in total. The van der Waals surface area contributed by atoms with E-state index in [1.807, 2.05) is 30.4 Å². The van der Waals surface area contributed by atoms with Gasteiger partial charge in [-0.3, -0.25) is 0 Å². The van der Waals surface area contributed by atoms with Crippen molar-refractivity contribution in [3.8, 4) is 28.7 Å². The average Bonchev–Trinajstić information content (AvgIpc) is 2.80. The summed E-state index contributed by atoms with van der Waals surface area (Å²) in [5.74, 6) is 0.893. The Morgan fingerprint density at radius 2 is 1.26 bits per heavy atom. The third-order valence-electron chi connectivity index (χ3n) is 4.43. The summed E-state index contributed by atoms with van der Waals surface area (Å²) in [6, 6.07) is 8.76. The monoisotopic (exact) mass is 488 g/mol. The molecular weight excluding hydrogens is 456 g/mol. The lowest BCUT2D eigenvalue weighted by atomic mass is 10.1. The molecule has 0 spiro atoms. The van der Waals surface area contributed by atoms with Crippen molar-refractivity contribution >= 4 is 24.1 Å². The molecule has 0 fully saturated rings. The molecule has 2 aromatic carbocycles. The highest BCUT2D eigenvalue weighted by Crippen LogP contribution is 2.38. The maximum atomic E-state index is 12.2. The molecule has 0 aromatic heterocycles. The van der Waals surface area contributed by atoms with Crippen molar-refractivity contribution in [1.29, 1.82) is 0 Å². The lowest BCUT2D eigenvalue weighted by Crippen LogP contribution is -2.27. The van der Waals surface area contributed by atoms with Gasteiger partial charge in [0.05, 0.1) is 28.4 Å². The minimum Gasteiger partial charge on any atom is -0.493 e. The van der Waals surface area contributed by atoms with Crippen LogP contribution >= 0.6 is 0 Å². The van der Waals surface area contributed by atoms with Gasteiger partial charge in [-0.2, -0.15) is 0 Å². The zero-order valence-corrected chi connectivity index (χ0v) is 21.1. The summed E-state index contributed by atoms with van der Waals surface area (Å²) >= 11 is 0. The van der Waals surface area contributed by atoms with Crippen LogP contribution in [-0.2, 0) is 19.1 Å². The molecule has 0 radical (unpaired) electrons. The largest absolute Gasteiger partial charge is 0.493 e. The normalized spacial score (nSPS) is 11.2. The second-order valence-corrected chi connectivity index (χ2v) is 8.26. The Kier molecular flexibility index (Phi) is 9.96. The summed E-state index contributed by atoms with van der Waals surface area (Å²) in [5.41, 5.74) is 0.922. The van der Waals surface area contributed by atoms with E-state index in [4.69, 9.17) is 33.2 Å². The molecule has 0 saturated heterocycles. The van der Waals surface area contributed by atoms with Crippen LogP contribution < -0.4 is 23.7 Å². The fourth-order valence-corrected chi connectivity index (χ4v) is 3.01. The molecule has 35 heavy (non-hydrogen) atoms. The number of carbonyl (C=O) groups excluding carboxylic acids is 2. The fraction of sp³-hybridized carbons (Fsp3) is 0.385. The predicted molar refractivity (Wildman–Crippen MR) is 130 cm³/mol. The van der Waals surface area contributed by atoms with Crippen LogP contribution in [0.5, 0.6) is 28.7 Å². The SMILES string of the molecule is COc1ccc(/C=C\c2cc(OC)c(OC)c(OC)c2)cc1OC(=O)COCC(=O)OC(C)(C)C. The summed E-state index contributed by atoms with van der Waals surface area (Å²) < 4.78 is 37.0. The summed E-state index contributed by atoms with van der Waals surface area (Å²) in [6.45, 7) is 4.45. The van der Waals surface area contributed by atoms with Gasteiger partial charge in [0.1, 0.15) is 18.8 Å². The van der Waals surface area contributed by atoms with Crippen LogP contribution in [-0.4, -0.2) is 59.2 Å². The Morgan fingerprint density at radius 3 is 1.80 bits per heavy atom. The molecule has 190 valence electrons. The van der Waals surface area contributed by atoms with Gasteiger partial charge in [-0.1, -0.05) is 18.2 Å². The molecule has 0 amide bonds. The fourth-order valence-electron chi connectivity index (χ4n) is 3.01. The molecule has 0 aliphatic rings. The van der Waals surface area contributed by atoms with Gasteiger partial charge < -0.3 is 33.2 Å². The van der Waals surface area contributed by atoms with E-state index in [9.17, 15) is 9.59 Å². The molecule has 0 bridgehead atoms. The van der Waals surface area contributed by atoms with E-state index >= 15 is 0 Å². The van der Waals surface area contributed by atoms with Crippen LogP contribution in [0.2, 0.25) is 0 Å². The molecule has 0 atom stereocenters. The summed E-state index contributed by atoms with van der Waals surface area (Å²) in [5, 5.41) is 0. The zero-order valence-electron chi connectivity index (χ0n) is 21.1. The Labute approximate surface area is 205 Å². The van der Waals surface area contributed by atoms with E-state index in [-0.39, 0.29) is 12.4 Å². The van der Waals surface area contributed by atoms with E-state index < -0.39 is 24.1 Å². The van der Waals surface area contributed by atoms with Crippen molar-refractivity contribution in [3.05, 3.63) is 41.5 Å². The van der Waals surface area contributed by atoms with Crippen LogP contribution in [0.4, 0.5) is 0 Å². The number of hydrogen-bond acceptors (Lipinski definition) is 9. The van der Waals surface area contributed by atoms with Crippen molar-refractivity contribution in [1.82, 2.24) is 0 Å². The number of ether oxygens (including phenoxy) is 7. The van der Waals surface area contributed by atoms with Crippen LogP contribution in [0.1, 0.15) is 31.9 Å². The maximum Gasteiger partial charge on any atom is 0.337 e. The Bertz CT molecular complexity index is 1030. The van der Waals surface area contributed by atoms with E-state index in [0.717, 1.165) is 11.1 Å². The molecule has 0 aliphatic carbocycles. The first-order valence-electron chi connectivity index (χ1n) is 10.8. The minimum absolute atomic E-state index is 0.213. The number of methoxy groups -OCH3 is 4. The zero-order chi connectivity index (χ0) is 26.0. The van der Waals surface area contributed by atoms with Crippen molar-refractivity contribution in [2.75, 3.05) is 41.7 Å². The van der Waals surface area contributed by atoms with Crippen molar-refractivity contribution in [2.24, 2.45) is 0 Å². The van der Waals surface area contributed by atoms with Gasteiger partial charge in [-0.25, -0.2) is 9.59 Å². The second kappa shape index (κ2) is 12.7. The van der Waals surface area contributed by atoms with Gasteiger partial charge in [0, 0.05) is 0 Å². The Hall–Kier alpha value is -3.72. The molecular formula is C26H32O9. The van der Waals surface area contributed by atoms with Gasteiger partial charge in [0.25, 0.3) is 0 Å². The first-order chi connectivity index (χ1) is 16.6. The van der Waals surface area contributed by atoms with E-state index in [2.05, 4.69) is 0 Å². The van der Waals surface area contributed by atoms with Gasteiger partial charge in [0.15, 0.2) is 23.0 Å². The molecule has 0 aliphatic heterocycles. The van der Waals surface area contributed by atoms with Crippen molar-refractivity contribution in [2.45, 2.75) is 26.4 Å². The van der Waals surface area contributed by atoms with Crippen molar-refractivity contribution in [3.63, 3.8) is 0 Å². The first kappa shape index (κ1) is 27.5. The number of carbonyl (C=O) groups is 2. The summed E-state index contributed by atoms with van der Waals surface area (Å²) in [4.78, 5) is 23.9. The van der Waals surface area contributed by atoms with Gasteiger partial charge >= 0.3 is 11.9 Å². The second-order valence-electron chi connectivity index (χ2n) is 8.26. The highest BCUT2D eigenvalue weighted by molar-refractivity contribution is 5.77. The number of benzene rings is 2. The summed E-state index contributed by atoms with van der Waals surface area (Å²) in [7, 11) is 6.11. The van der Waals surface area contributed by atoms with Crippen LogP contribution in [0.25, 0.3) is 12.2 Å². The average molecular weight is 489 g/mol. The Morgan fingerprint density at radius 1 is 0.714 bits per heavy atom. The molecule has 0 unspecified atom stereocenters. The minimum atomic E-state index is -0.683. The van der Waals surface area contributed by atoms with Gasteiger partial charge in [-0.05, 0) is 56.2 Å². The molecule has 2 rings (SSSR count). The Balaban J connectivity index is 2.11. The molecule has 9 nitrogen and oxygen atoms in total. The van der Waals surface area contributed by atoms with Crippen molar-refractivity contribution < 1.29 is 42.7 Å². The molecule has 2 aromatic rings. The maximum absolute atomic E-state index is 12.2. The molecule has 0 heterocycles. The molecule has 0 saturated carbocycles. The van der Waals surface area contributed by atoms with Crippen LogP contribution in [0.3, 0.4) is 0 Å². The number of esters is 2. The third kappa shape index (κ3) is 8.53. The third-order valence-corrected chi connectivity index (χ3v) is 4.43. The quantitative estimate of drug-likeness (QED) is 0.262. The van der Waals surface area contributed by atoms with E-state index in [1.54, 1.807) is 54.2 Å². The highest BCUT2D eigenvalue weighted by atomic mass is 16.6. The van der Waals surface area contributed by atoms with Gasteiger partial charge in [0.2, 0.25) is 5.75 Å². The molecule has 9 heteroatoms. The van der Waals surface area contributed by atoms with E-state index in [0.29, 0.717) is 23.0 Å². The lowest BCUT2D eigenvalue weighted by molar-refractivity contribution is -0.161. The van der Waals surface area contributed by atoms with Crippen LogP contribution in [0.15, 0.2) is 30.3 Å². The smallest absolute Gasteiger partial charge is 0.337 e. The van der Waals surface area contributed by atoms with E-state index in [1.165, 1.54) is 7.11 Å². The van der Waals surface area contributed by atoms with Crippen LogP contribution in [0, 0.1) is 0 Å². The lowest BCUT2D eigenvalue weighted by Gasteiger charge is -2.19. The topological polar surface area (TPSA) is 98.8 Å². The number of rotatable bonds is 11. The predicted octanol–water partition coefficient (Wildman–Crippen LogP) is 4.16. The standard InChI is InChI=1S/C26H32O9/c1-26(2,3)35-24(28)16-33-15-23(27)34-20-12-17(10-11-19(20)29-4)8-9-18-13-21(30-5)25(32-7)22(14-18)31-6/h8-14H,15-16H2,1-7H3/b9-8-. The first-order valence-corrected chi connectivity index (χ1v) is 10.8. The highest BCUT2D eigenvalue weighted by Gasteiger charge is 2.17. The number of hydrogen-bond donors (Lipinski definition) is 0. The summed E-state index contributed by atoms with van der Waals surface area (Å²) in [6.07, 6.45) is 3.68.